The first-order chi connectivity index (χ1) is 13.8. The van der Waals surface area contributed by atoms with Crippen molar-refractivity contribution >= 4 is 37.2 Å². The molecule has 7 rings (SSSR count). The first kappa shape index (κ1) is 14.6. The second-order valence-corrected chi connectivity index (χ2v) is 8.05. The summed E-state index contributed by atoms with van der Waals surface area (Å²) >= 11 is 0. The average Bonchev–Trinajstić information content (AvgIpc) is 3.33. The third-order valence-electron chi connectivity index (χ3n) is 6.31. The van der Waals surface area contributed by atoms with Crippen LogP contribution in [-0.4, -0.2) is 13.7 Å². The molecule has 0 unspecified atom stereocenters. The van der Waals surface area contributed by atoms with E-state index in [1.54, 1.807) is 0 Å². The molecule has 0 fully saturated rings. The van der Waals surface area contributed by atoms with Crippen molar-refractivity contribution in [3.63, 3.8) is 0 Å². The van der Waals surface area contributed by atoms with Gasteiger partial charge in [0.25, 0.3) is 0 Å². The van der Waals surface area contributed by atoms with Crippen LogP contribution in [0.2, 0.25) is 0 Å². The summed E-state index contributed by atoms with van der Waals surface area (Å²) in [6, 6.07) is 4.58. The van der Waals surface area contributed by atoms with E-state index in [1.165, 1.54) is 55.0 Å². The summed E-state index contributed by atoms with van der Waals surface area (Å²) in [5.74, 6) is 4.66. The van der Waals surface area contributed by atoms with Gasteiger partial charge in [-0.05, 0) is 44.9 Å². The van der Waals surface area contributed by atoms with Crippen LogP contribution in [0.15, 0.2) is 106 Å². The van der Waals surface area contributed by atoms with Crippen molar-refractivity contribution in [2.24, 2.45) is 0 Å². The van der Waals surface area contributed by atoms with Crippen LogP contribution in [0.25, 0.3) is 12.2 Å². The molecule has 0 saturated carbocycles. The lowest BCUT2D eigenvalue weighted by atomic mass is 9.49. The fourth-order valence-electron chi connectivity index (χ4n) is 4.88. The van der Waals surface area contributed by atoms with Crippen molar-refractivity contribution in [1.82, 2.24) is 0 Å². The SMILES string of the molecule is C1=CC2=CB3Nc4cc5c(cc4=CC3=CC2=C1)NB1C=C2C=CC=C2C=C1C=5. The first-order valence-electron chi connectivity index (χ1n) is 9.85. The van der Waals surface area contributed by atoms with E-state index >= 15 is 0 Å². The van der Waals surface area contributed by atoms with Crippen LogP contribution in [0, 0.1) is 0 Å². The monoisotopic (exact) mass is 354 g/mol. The smallest absolute Gasteiger partial charge is 0.314 e. The fraction of sp³-hybridized carbons (Fsp3) is 0. The predicted molar refractivity (Wildman–Crippen MR) is 120 cm³/mol. The fourth-order valence-corrected chi connectivity index (χ4v) is 4.88. The van der Waals surface area contributed by atoms with E-state index in [4.69, 9.17) is 0 Å². The highest BCUT2D eigenvalue weighted by atomic mass is 14.8. The minimum Gasteiger partial charge on any atom is -0.420 e. The summed E-state index contributed by atoms with van der Waals surface area (Å²) in [7, 11) is 0. The molecule has 0 aromatic heterocycles. The first-order valence-corrected chi connectivity index (χ1v) is 9.85. The molecule has 0 amide bonds. The average molecular weight is 354 g/mol. The topological polar surface area (TPSA) is 24.1 Å². The Morgan fingerprint density at radius 2 is 1.07 bits per heavy atom. The lowest BCUT2D eigenvalue weighted by Gasteiger charge is -2.27. The van der Waals surface area contributed by atoms with Crippen molar-refractivity contribution in [2.45, 2.75) is 0 Å². The van der Waals surface area contributed by atoms with Crippen LogP contribution in [-0.2, 0) is 0 Å². The van der Waals surface area contributed by atoms with Crippen molar-refractivity contribution in [3.8, 4) is 0 Å². The highest BCUT2D eigenvalue weighted by Crippen LogP contribution is 2.31. The van der Waals surface area contributed by atoms with E-state index < -0.39 is 0 Å². The summed E-state index contributed by atoms with van der Waals surface area (Å²) in [5.41, 5.74) is 10.3. The van der Waals surface area contributed by atoms with Gasteiger partial charge in [-0.1, -0.05) is 83.7 Å². The van der Waals surface area contributed by atoms with Crippen LogP contribution in [0.3, 0.4) is 0 Å². The molecule has 2 aliphatic carbocycles. The maximum absolute atomic E-state index is 3.73. The van der Waals surface area contributed by atoms with Gasteiger partial charge in [0.05, 0.1) is 0 Å². The Bertz CT molecular complexity index is 1250. The second-order valence-electron chi connectivity index (χ2n) is 8.05. The molecule has 0 bridgehead atoms. The standard InChI is InChI=1S/C24H16B2N2/c1-3-15-7-21-9-19-11-24-20(12-23(19)27-25(21)13-17(15)5-1)10-22-8-16-4-2-6-18(16)14-26(22)28-24/h1-14,27-28H. The maximum atomic E-state index is 3.73. The third kappa shape index (κ3) is 2.00. The number of fused-ring (bicyclic) bond motifs is 6. The molecule has 4 aliphatic heterocycles. The Balaban J connectivity index is 1.36. The van der Waals surface area contributed by atoms with Crippen LogP contribution in [0.4, 0.5) is 11.4 Å². The molecular formula is C24H16B2N2. The quantitative estimate of drug-likeness (QED) is 0.701. The number of hydrogen-bond acceptors (Lipinski definition) is 2. The highest BCUT2D eigenvalue weighted by Gasteiger charge is 2.29. The van der Waals surface area contributed by atoms with Crippen LogP contribution >= 0.6 is 0 Å². The number of anilines is 2. The van der Waals surface area contributed by atoms with Crippen LogP contribution in [0.1, 0.15) is 0 Å². The van der Waals surface area contributed by atoms with Crippen LogP contribution < -0.4 is 20.9 Å². The third-order valence-corrected chi connectivity index (χ3v) is 6.31. The number of nitrogens with one attached hydrogen (secondary N) is 2. The van der Waals surface area contributed by atoms with Gasteiger partial charge in [-0.15, -0.1) is 0 Å². The second kappa shape index (κ2) is 5.11. The predicted octanol–water partition coefficient (Wildman–Crippen LogP) is 2.96. The minimum atomic E-state index is 0.249. The molecule has 0 spiro atoms. The van der Waals surface area contributed by atoms with Gasteiger partial charge in [-0.3, -0.25) is 0 Å². The summed E-state index contributed by atoms with van der Waals surface area (Å²) in [6.45, 7) is 0.498. The molecule has 0 radical (unpaired) electrons. The summed E-state index contributed by atoms with van der Waals surface area (Å²) in [4.78, 5) is 0. The van der Waals surface area contributed by atoms with Gasteiger partial charge in [0.1, 0.15) is 0 Å². The van der Waals surface area contributed by atoms with E-state index in [-0.39, 0.29) is 13.7 Å². The summed E-state index contributed by atoms with van der Waals surface area (Å²) in [6.07, 6.45) is 22.3. The van der Waals surface area contributed by atoms with E-state index in [0.717, 1.165) is 0 Å². The normalized spacial score (nSPS) is 21.4. The molecule has 0 atom stereocenters. The highest BCUT2D eigenvalue weighted by molar-refractivity contribution is 6.78. The van der Waals surface area contributed by atoms with Crippen molar-refractivity contribution in [2.75, 3.05) is 10.5 Å². The van der Waals surface area contributed by atoms with Crippen LogP contribution in [0.5, 0.6) is 0 Å². The van der Waals surface area contributed by atoms with Gasteiger partial charge in [0, 0.05) is 11.4 Å². The Kier molecular flexibility index (Phi) is 2.67. The minimum absolute atomic E-state index is 0.249. The van der Waals surface area contributed by atoms with Crippen molar-refractivity contribution in [3.05, 3.63) is 116 Å². The Labute approximate surface area is 164 Å². The molecular weight excluding hydrogens is 338 g/mol. The lowest BCUT2D eigenvalue weighted by molar-refractivity contribution is 1.45. The zero-order chi connectivity index (χ0) is 18.2. The van der Waals surface area contributed by atoms with Crippen molar-refractivity contribution < 1.29 is 0 Å². The Hall–Kier alpha value is -3.39. The Morgan fingerprint density at radius 3 is 1.57 bits per heavy atom. The number of rotatable bonds is 0. The zero-order valence-electron chi connectivity index (χ0n) is 15.2. The number of benzene rings is 1. The molecule has 28 heavy (non-hydrogen) atoms. The van der Waals surface area contributed by atoms with Gasteiger partial charge in [-0.2, -0.15) is 0 Å². The van der Waals surface area contributed by atoms with Gasteiger partial charge in [0.15, 0.2) is 0 Å². The summed E-state index contributed by atoms with van der Waals surface area (Å²) < 4.78 is 0. The van der Waals surface area contributed by atoms with Crippen molar-refractivity contribution in [1.29, 1.82) is 0 Å². The van der Waals surface area contributed by atoms with E-state index in [1.807, 2.05) is 0 Å². The number of hydrogen-bond donors (Lipinski definition) is 2. The van der Waals surface area contributed by atoms with Gasteiger partial charge in [0.2, 0.25) is 0 Å². The lowest BCUT2D eigenvalue weighted by Crippen LogP contribution is -2.39. The number of allylic oxidation sites excluding steroid dienone is 14. The maximum Gasteiger partial charge on any atom is 0.314 e. The molecule has 128 valence electrons. The largest absolute Gasteiger partial charge is 0.420 e. The van der Waals surface area contributed by atoms with E-state index in [9.17, 15) is 0 Å². The molecule has 1 aromatic rings. The zero-order valence-corrected chi connectivity index (χ0v) is 15.2. The molecule has 2 nitrogen and oxygen atoms in total. The molecule has 4 heterocycles. The molecule has 6 aliphatic rings. The molecule has 0 saturated heterocycles. The Morgan fingerprint density at radius 1 is 0.571 bits per heavy atom. The molecule has 1 aromatic carbocycles. The van der Waals surface area contributed by atoms with Gasteiger partial charge in [-0.25, -0.2) is 0 Å². The van der Waals surface area contributed by atoms with E-state index in [0.29, 0.717) is 0 Å². The molecule has 4 heteroatoms. The van der Waals surface area contributed by atoms with Gasteiger partial charge >= 0.3 is 13.7 Å². The summed E-state index contributed by atoms with van der Waals surface area (Å²) in [5, 5.41) is 9.97. The van der Waals surface area contributed by atoms with Gasteiger partial charge < -0.3 is 10.5 Å². The van der Waals surface area contributed by atoms with E-state index in [2.05, 4.69) is 95.3 Å². The molecule has 2 N–H and O–H groups in total.